The van der Waals surface area contributed by atoms with E-state index in [4.69, 9.17) is 0 Å². The van der Waals surface area contributed by atoms with Gasteiger partial charge in [-0.2, -0.15) is 5.26 Å². The molecular formula is C17H27N3. The standard InChI is InChI=1S/C17H27N3/c1-5-12-19-17(4,14-18)11-13-20(6-2)16-10-8-7-9-15(16)3/h7-10,19H,5-6,11-13H2,1-4H3. The molecule has 0 aliphatic heterocycles. The Morgan fingerprint density at radius 3 is 2.55 bits per heavy atom. The Balaban J connectivity index is 2.70. The highest BCUT2D eigenvalue weighted by molar-refractivity contribution is 5.52. The van der Waals surface area contributed by atoms with Gasteiger partial charge in [0.05, 0.1) is 6.07 Å². The average molecular weight is 273 g/mol. The molecule has 20 heavy (non-hydrogen) atoms. The van der Waals surface area contributed by atoms with Gasteiger partial charge < -0.3 is 4.90 Å². The highest BCUT2D eigenvalue weighted by atomic mass is 15.1. The van der Waals surface area contributed by atoms with Crippen LogP contribution in [0.3, 0.4) is 0 Å². The molecule has 0 bridgehead atoms. The topological polar surface area (TPSA) is 39.1 Å². The van der Waals surface area contributed by atoms with Crippen molar-refractivity contribution in [1.82, 2.24) is 5.32 Å². The molecule has 0 heterocycles. The number of rotatable bonds is 8. The largest absolute Gasteiger partial charge is 0.371 e. The van der Waals surface area contributed by atoms with Gasteiger partial charge in [-0.3, -0.25) is 5.32 Å². The summed E-state index contributed by atoms with van der Waals surface area (Å²) in [5.41, 5.74) is 2.12. The Kier molecular flexibility index (Phi) is 6.54. The Morgan fingerprint density at radius 2 is 2.00 bits per heavy atom. The second-order valence-electron chi connectivity index (χ2n) is 5.49. The Morgan fingerprint density at radius 1 is 1.30 bits per heavy atom. The van der Waals surface area contributed by atoms with Crippen molar-refractivity contribution < 1.29 is 0 Å². The maximum absolute atomic E-state index is 9.39. The SMILES string of the molecule is CCCNC(C)(C#N)CCN(CC)c1ccccc1C. The van der Waals surface area contributed by atoms with Crippen molar-refractivity contribution in [1.29, 1.82) is 5.26 Å². The molecule has 0 aliphatic rings. The van der Waals surface area contributed by atoms with Gasteiger partial charge in [-0.05, 0) is 51.8 Å². The number of nitriles is 1. The molecule has 0 fully saturated rings. The zero-order valence-corrected chi connectivity index (χ0v) is 13.2. The molecule has 0 saturated carbocycles. The van der Waals surface area contributed by atoms with Crippen LogP contribution in [0.25, 0.3) is 0 Å². The lowest BCUT2D eigenvalue weighted by Gasteiger charge is -2.30. The molecule has 1 unspecified atom stereocenters. The maximum atomic E-state index is 9.39. The Labute approximate surface area is 123 Å². The molecule has 0 aliphatic carbocycles. The van der Waals surface area contributed by atoms with Crippen molar-refractivity contribution in [2.45, 2.75) is 46.1 Å². The fourth-order valence-electron chi connectivity index (χ4n) is 2.31. The van der Waals surface area contributed by atoms with Gasteiger partial charge in [0.15, 0.2) is 0 Å². The van der Waals surface area contributed by atoms with Crippen LogP contribution in [-0.4, -0.2) is 25.2 Å². The van der Waals surface area contributed by atoms with Crippen LogP contribution in [0.2, 0.25) is 0 Å². The second-order valence-corrected chi connectivity index (χ2v) is 5.49. The highest BCUT2D eigenvalue weighted by Crippen LogP contribution is 2.21. The number of benzene rings is 1. The lowest BCUT2D eigenvalue weighted by Crippen LogP contribution is -2.44. The maximum Gasteiger partial charge on any atom is 0.105 e. The molecule has 0 radical (unpaired) electrons. The summed E-state index contributed by atoms with van der Waals surface area (Å²) in [6.45, 7) is 11.2. The van der Waals surface area contributed by atoms with Crippen molar-refractivity contribution in [3.05, 3.63) is 29.8 Å². The number of anilines is 1. The van der Waals surface area contributed by atoms with E-state index in [0.717, 1.165) is 32.5 Å². The first-order valence-electron chi connectivity index (χ1n) is 7.53. The second kappa shape index (κ2) is 7.91. The number of hydrogen-bond donors (Lipinski definition) is 1. The third kappa shape index (κ3) is 4.54. The first-order valence-corrected chi connectivity index (χ1v) is 7.53. The van der Waals surface area contributed by atoms with Crippen LogP contribution < -0.4 is 10.2 Å². The third-order valence-corrected chi connectivity index (χ3v) is 3.73. The number of nitrogens with one attached hydrogen (secondary N) is 1. The van der Waals surface area contributed by atoms with Crippen LogP contribution in [-0.2, 0) is 0 Å². The van der Waals surface area contributed by atoms with E-state index in [-0.39, 0.29) is 0 Å². The monoisotopic (exact) mass is 273 g/mol. The smallest absolute Gasteiger partial charge is 0.105 e. The van der Waals surface area contributed by atoms with Gasteiger partial charge in [-0.25, -0.2) is 0 Å². The van der Waals surface area contributed by atoms with Crippen molar-refractivity contribution in [3.8, 4) is 6.07 Å². The summed E-state index contributed by atoms with van der Waals surface area (Å²) in [5.74, 6) is 0. The molecule has 1 aromatic carbocycles. The van der Waals surface area contributed by atoms with Gasteiger partial charge in [0.2, 0.25) is 0 Å². The first-order chi connectivity index (χ1) is 9.56. The van der Waals surface area contributed by atoms with Crippen LogP contribution >= 0.6 is 0 Å². The van der Waals surface area contributed by atoms with Crippen LogP contribution in [0.4, 0.5) is 5.69 Å². The summed E-state index contributed by atoms with van der Waals surface area (Å²) in [6, 6.07) is 10.8. The molecule has 1 atom stereocenters. The van der Waals surface area contributed by atoms with Crippen molar-refractivity contribution in [2.24, 2.45) is 0 Å². The van der Waals surface area contributed by atoms with Crippen LogP contribution in [0, 0.1) is 18.3 Å². The number of aryl methyl sites for hydroxylation is 1. The Hall–Kier alpha value is -1.53. The van der Waals surface area contributed by atoms with Gasteiger partial charge >= 0.3 is 0 Å². The molecule has 3 heteroatoms. The quantitative estimate of drug-likeness (QED) is 0.788. The summed E-state index contributed by atoms with van der Waals surface area (Å²) >= 11 is 0. The first kappa shape index (κ1) is 16.5. The summed E-state index contributed by atoms with van der Waals surface area (Å²) in [7, 11) is 0. The predicted octanol–water partition coefficient (Wildman–Crippen LogP) is 3.49. The minimum Gasteiger partial charge on any atom is -0.371 e. The number of nitrogens with zero attached hydrogens (tertiary/aromatic N) is 2. The zero-order chi connectivity index (χ0) is 15.0. The van der Waals surface area contributed by atoms with Crippen molar-refractivity contribution in [2.75, 3.05) is 24.5 Å². The summed E-state index contributed by atoms with van der Waals surface area (Å²) in [6.07, 6.45) is 1.87. The minimum atomic E-state index is -0.438. The van der Waals surface area contributed by atoms with Crippen LogP contribution in [0.15, 0.2) is 24.3 Å². The number of hydrogen-bond acceptors (Lipinski definition) is 3. The summed E-state index contributed by atoms with van der Waals surface area (Å²) < 4.78 is 0. The molecule has 3 nitrogen and oxygen atoms in total. The fraction of sp³-hybridized carbons (Fsp3) is 0.588. The van der Waals surface area contributed by atoms with Crippen LogP contribution in [0.5, 0.6) is 0 Å². The van der Waals surface area contributed by atoms with E-state index in [1.165, 1.54) is 11.3 Å². The van der Waals surface area contributed by atoms with Gasteiger partial charge in [-0.15, -0.1) is 0 Å². The molecule has 110 valence electrons. The van der Waals surface area contributed by atoms with E-state index >= 15 is 0 Å². The van der Waals surface area contributed by atoms with E-state index in [9.17, 15) is 5.26 Å². The van der Waals surface area contributed by atoms with Gasteiger partial charge in [0.25, 0.3) is 0 Å². The van der Waals surface area contributed by atoms with E-state index in [1.54, 1.807) is 0 Å². The van der Waals surface area contributed by atoms with E-state index < -0.39 is 5.54 Å². The van der Waals surface area contributed by atoms with Gasteiger partial charge in [0.1, 0.15) is 5.54 Å². The number of para-hydroxylation sites is 1. The molecular weight excluding hydrogens is 246 g/mol. The molecule has 0 amide bonds. The fourth-order valence-corrected chi connectivity index (χ4v) is 2.31. The van der Waals surface area contributed by atoms with E-state index in [1.807, 2.05) is 6.92 Å². The minimum absolute atomic E-state index is 0.438. The summed E-state index contributed by atoms with van der Waals surface area (Å²) in [5, 5.41) is 12.7. The highest BCUT2D eigenvalue weighted by Gasteiger charge is 2.23. The normalized spacial score (nSPS) is 13.6. The molecule has 0 spiro atoms. The van der Waals surface area contributed by atoms with E-state index in [2.05, 4.69) is 61.3 Å². The Bertz CT molecular complexity index is 450. The van der Waals surface area contributed by atoms with Gasteiger partial charge in [0, 0.05) is 18.8 Å². The molecule has 1 N–H and O–H groups in total. The average Bonchev–Trinajstić information content (AvgIpc) is 2.47. The molecule has 0 saturated heterocycles. The zero-order valence-electron chi connectivity index (χ0n) is 13.2. The van der Waals surface area contributed by atoms with Crippen molar-refractivity contribution >= 4 is 5.69 Å². The van der Waals surface area contributed by atoms with Crippen LogP contribution in [0.1, 0.15) is 39.2 Å². The lowest BCUT2D eigenvalue weighted by molar-refractivity contribution is 0.419. The van der Waals surface area contributed by atoms with Gasteiger partial charge in [-0.1, -0.05) is 25.1 Å². The third-order valence-electron chi connectivity index (χ3n) is 3.73. The molecule has 0 aromatic heterocycles. The molecule has 1 rings (SSSR count). The van der Waals surface area contributed by atoms with Crippen molar-refractivity contribution in [3.63, 3.8) is 0 Å². The lowest BCUT2D eigenvalue weighted by atomic mass is 9.99. The molecule has 1 aromatic rings. The van der Waals surface area contributed by atoms with E-state index in [0.29, 0.717) is 0 Å². The summed E-state index contributed by atoms with van der Waals surface area (Å²) in [4.78, 5) is 2.35. The predicted molar refractivity (Wildman–Crippen MR) is 86.0 cm³/mol.